The maximum Gasteiger partial charge on any atom is 0.410 e. The monoisotopic (exact) mass is 323 g/mol. The number of likely N-dealkylation sites (tertiary alicyclic amines) is 2. The lowest BCUT2D eigenvalue weighted by Crippen LogP contribution is -2.57. The first-order chi connectivity index (χ1) is 10.9. The number of ether oxygens (including phenoxy) is 1. The summed E-state index contributed by atoms with van der Waals surface area (Å²) in [6.45, 7) is 12.4. The molecule has 3 heterocycles. The average molecular weight is 323 g/mol. The smallest absolute Gasteiger partial charge is 0.410 e. The normalized spacial score (nSPS) is 26.1. The van der Waals surface area contributed by atoms with Crippen molar-refractivity contribution in [1.29, 1.82) is 0 Å². The fourth-order valence-electron chi connectivity index (χ4n) is 4.20. The molecule has 0 unspecified atom stereocenters. The molecule has 0 radical (unpaired) electrons. The zero-order valence-corrected chi connectivity index (χ0v) is 15.0. The number of piperidine rings is 2. The second-order valence-corrected chi connectivity index (χ2v) is 8.50. The molecule has 3 aliphatic rings. The molecule has 3 rings (SSSR count). The molecule has 23 heavy (non-hydrogen) atoms. The third kappa shape index (κ3) is 4.38. The zero-order chi connectivity index (χ0) is 16.4. The van der Waals surface area contributed by atoms with Crippen LogP contribution in [0.3, 0.4) is 0 Å². The van der Waals surface area contributed by atoms with Crippen LogP contribution in [0, 0.1) is 11.8 Å². The lowest BCUT2D eigenvalue weighted by molar-refractivity contribution is -0.0167. The molecule has 0 saturated carbocycles. The zero-order valence-electron chi connectivity index (χ0n) is 15.0. The van der Waals surface area contributed by atoms with Crippen LogP contribution < -0.4 is 5.32 Å². The van der Waals surface area contributed by atoms with E-state index >= 15 is 0 Å². The SMILES string of the molecule is CC(C)(C)OC(=O)N1CCC(C2CN(C3CCNCC3)C2)CC1. The summed E-state index contributed by atoms with van der Waals surface area (Å²) in [6, 6.07) is 0.814. The molecule has 1 N–H and O–H groups in total. The number of hydrogen-bond donors (Lipinski definition) is 1. The third-order valence-electron chi connectivity index (χ3n) is 5.62. The van der Waals surface area contributed by atoms with Gasteiger partial charge < -0.3 is 15.0 Å². The molecular weight excluding hydrogens is 290 g/mol. The van der Waals surface area contributed by atoms with E-state index in [1.165, 1.54) is 39.0 Å². The van der Waals surface area contributed by atoms with Crippen LogP contribution >= 0.6 is 0 Å². The van der Waals surface area contributed by atoms with Crippen molar-refractivity contribution in [1.82, 2.24) is 15.1 Å². The Balaban J connectivity index is 1.38. The Hall–Kier alpha value is -0.810. The van der Waals surface area contributed by atoms with Crippen molar-refractivity contribution < 1.29 is 9.53 Å². The molecule has 0 spiro atoms. The van der Waals surface area contributed by atoms with Crippen molar-refractivity contribution in [3.8, 4) is 0 Å². The van der Waals surface area contributed by atoms with Gasteiger partial charge in [-0.1, -0.05) is 0 Å². The highest BCUT2D eigenvalue weighted by atomic mass is 16.6. The molecule has 0 bridgehead atoms. The Morgan fingerprint density at radius 1 is 1.00 bits per heavy atom. The number of hydrogen-bond acceptors (Lipinski definition) is 4. The quantitative estimate of drug-likeness (QED) is 0.847. The molecule has 3 fully saturated rings. The third-order valence-corrected chi connectivity index (χ3v) is 5.62. The maximum atomic E-state index is 12.1. The van der Waals surface area contributed by atoms with E-state index in [1.54, 1.807) is 0 Å². The van der Waals surface area contributed by atoms with E-state index in [0.717, 1.165) is 43.8 Å². The number of nitrogens with zero attached hydrogens (tertiary/aromatic N) is 2. The summed E-state index contributed by atoms with van der Waals surface area (Å²) in [5.41, 5.74) is -0.392. The summed E-state index contributed by atoms with van der Waals surface area (Å²) in [5, 5.41) is 3.45. The van der Waals surface area contributed by atoms with Crippen molar-refractivity contribution in [2.24, 2.45) is 11.8 Å². The van der Waals surface area contributed by atoms with Gasteiger partial charge in [-0.3, -0.25) is 4.90 Å². The van der Waals surface area contributed by atoms with Crippen LogP contribution in [0.2, 0.25) is 0 Å². The summed E-state index contributed by atoms with van der Waals surface area (Å²) >= 11 is 0. The van der Waals surface area contributed by atoms with E-state index in [4.69, 9.17) is 4.74 Å². The fraction of sp³-hybridized carbons (Fsp3) is 0.944. The minimum atomic E-state index is -0.392. The van der Waals surface area contributed by atoms with Gasteiger partial charge in [-0.15, -0.1) is 0 Å². The largest absolute Gasteiger partial charge is 0.444 e. The van der Waals surface area contributed by atoms with Crippen LogP contribution in [-0.2, 0) is 4.74 Å². The number of rotatable bonds is 2. The Kier molecular flexibility index (Phi) is 5.16. The van der Waals surface area contributed by atoms with Crippen LogP contribution in [0.25, 0.3) is 0 Å². The number of amides is 1. The highest BCUT2D eigenvalue weighted by molar-refractivity contribution is 5.68. The molecule has 0 atom stereocenters. The Morgan fingerprint density at radius 2 is 1.61 bits per heavy atom. The molecule has 0 aromatic carbocycles. The Morgan fingerprint density at radius 3 is 2.17 bits per heavy atom. The van der Waals surface area contributed by atoms with Gasteiger partial charge in [-0.05, 0) is 71.4 Å². The van der Waals surface area contributed by atoms with Crippen LogP contribution in [0.5, 0.6) is 0 Å². The highest BCUT2D eigenvalue weighted by Crippen LogP contribution is 2.34. The summed E-state index contributed by atoms with van der Waals surface area (Å²) in [4.78, 5) is 16.7. The van der Waals surface area contributed by atoms with E-state index in [0.29, 0.717) is 0 Å². The van der Waals surface area contributed by atoms with Gasteiger partial charge in [0.15, 0.2) is 0 Å². The molecule has 132 valence electrons. The molecule has 0 aromatic heterocycles. The summed E-state index contributed by atoms with van der Waals surface area (Å²) in [6.07, 6.45) is 4.77. The fourth-order valence-corrected chi connectivity index (χ4v) is 4.20. The van der Waals surface area contributed by atoms with E-state index in [9.17, 15) is 4.79 Å². The first-order valence-electron chi connectivity index (χ1n) is 9.35. The van der Waals surface area contributed by atoms with Crippen LogP contribution in [0.15, 0.2) is 0 Å². The molecular formula is C18H33N3O2. The molecule has 5 nitrogen and oxygen atoms in total. The molecule has 5 heteroatoms. The van der Waals surface area contributed by atoms with Crippen molar-refractivity contribution >= 4 is 6.09 Å². The minimum Gasteiger partial charge on any atom is -0.444 e. The standard InChI is InChI=1S/C18H33N3O2/c1-18(2,3)23-17(22)20-10-6-14(7-11-20)15-12-21(13-15)16-4-8-19-9-5-16/h14-16,19H,4-13H2,1-3H3. The predicted octanol–water partition coefficient (Wildman–Crippen LogP) is 2.32. The van der Waals surface area contributed by atoms with Gasteiger partial charge in [0.25, 0.3) is 0 Å². The van der Waals surface area contributed by atoms with Crippen LogP contribution in [0.1, 0.15) is 46.5 Å². The molecule has 0 aliphatic carbocycles. The highest BCUT2D eigenvalue weighted by Gasteiger charge is 2.39. The molecule has 3 saturated heterocycles. The predicted molar refractivity (Wildman–Crippen MR) is 91.5 cm³/mol. The van der Waals surface area contributed by atoms with Gasteiger partial charge in [0, 0.05) is 32.2 Å². The van der Waals surface area contributed by atoms with Gasteiger partial charge in [-0.25, -0.2) is 4.79 Å². The maximum absolute atomic E-state index is 12.1. The molecule has 3 aliphatic heterocycles. The van der Waals surface area contributed by atoms with Crippen molar-refractivity contribution in [2.45, 2.75) is 58.1 Å². The number of nitrogens with one attached hydrogen (secondary N) is 1. The first kappa shape index (κ1) is 17.0. The van der Waals surface area contributed by atoms with Gasteiger partial charge in [0.05, 0.1) is 0 Å². The van der Waals surface area contributed by atoms with Crippen molar-refractivity contribution in [3.63, 3.8) is 0 Å². The molecule has 1 amide bonds. The Labute approximate surface area is 140 Å². The summed E-state index contributed by atoms with van der Waals surface area (Å²) in [7, 11) is 0. The second-order valence-electron chi connectivity index (χ2n) is 8.50. The topological polar surface area (TPSA) is 44.8 Å². The van der Waals surface area contributed by atoms with Crippen molar-refractivity contribution in [2.75, 3.05) is 39.3 Å². The van der Waals surface area contributed by atoms with Gasteiger partial charge in [0.1, 0.15) is 5.60 Å². The van der Waals surface area contributed by atoms with Gasteiger partial charge >= 0.3 is 6.09 Å². The van der Waals surface area contributed by atoms with E-state index in [1.807, 2.05) is 25.7 Å². The van der Waals surface area contributed by atoms with Crippen LogP contribution in [-0.4, -0.2) is 66.8 Å². The lowest BCUT2D eigenvalue weighted by Gasteiger charge is -2.50. The first-order valence-corrected chi connectivity index (χ1v) is 9.35. The van der Waals surface area contributed by atoms with E-state index < -0.39 is 5.60 Å². The van der Waals surface area contributed by atoms with E-state index in [2.05, 4.69) is 10.2 Å². The van der Waals surface area contributed by atoms with Crippen molar-refractivity contribution in [3.05, 3.63) is 0 Å². The Bertz CT molecular complexity index is 401. The molecule has 0 aromatic rings. The summed E-state index contributed by atoms with van der Waals surface area (Å²) in [5.74, 6) is 1.65. The number of carbonyl (C=O) groups excluding carboxylic acids is 1. The minimum absolute atomic E-state index is 0.138. The van der Waals surface area contributed by atoms with Crippen LogP contribution in [0.4, 0.5) is 4.79 Å². The van der Waals surface area contributed by atoms with Gasteiger partial charge in [-0.2, -0.15) is 0 Å². The van der Waals surface area contributed by atoms with E-state index in [-0.39, 0.29) is 6.09 Å². The number of carbonyl (C=O) groups is 1. The summed E-state index contributed by atoms with van der Waals surface area (Å²) < 4.78 is 5.48. The average Bonchev–Trinajstić information content (AvgIpc) is 2.46. The second kappa shape index (κ2) is 6.98. The lowest BCUT2D eigenvalue weighted by atomic mass is 9.78. The van der Waals surface area contributed by atoms with Gasteiger partial charge in [0.2, 0.25) is 0 Å².